The fourth-order valence-electron chi connectivity index (χ4n) is 8.22. The van der Waals surface area contributed by atoms with Crippen molar-refractivity contribution in [3.8, 4) is 11.3 Å². The lowest BCUT2D eigenvalue weighted by atomic mass is 9.91. The molecule has 1 spiro atoms. The van der Waals surface area contributed by atoms with Gasteiger partial charge in [0, 0.05) is 12.3 Å². The lowest BCUT2D eigenvalue weighted by Gasteiger charge is -2.44. The van der Waals surface area contributed by atoms with Crippen LogP contribution in [0, 0.1) is 17.2 Å². The van der Waals surface area contributed by atoms with Gasteiger partial charge in [0.1, 0.15) is 17.7 Å². The van der Waals surface area contributed by atoms with Crippen molar-refractivity contribution in [1.29, 1.82) is 0 Å². The zero-order valence-electron chi connectivity index (χ0n) is 31.5. The molecule has 1 saturated heterocycles. The Morgan fingerprint density at radius 1 is 0.962 bits per heavy atom. The van der Waals surface area contributed by atoms with E-state index in [2.05, 4.69) is 96.5 Å². The minimum absolute atomic E-state index is 0.0462. The van der Waals surface area contributed by atoms with Crippen LogP contribution in [0.2, 0.25) is 5.04 Å². The molecule has 52 heavy (non-hydrogen) atoms. The largest absolute Gasteiger partial charge is 0.398 e. The average molecular weight is 723 g/mol. The van der Waals surface area contributed by atoms with Crippen molar-refractivity contribution in [2.24, 2.45) is 11.3 Å². The number of piperidine rings is 1. The number of rotatable bonds is 15. The molecule has 2 N–H and O–H groups in total. The van der Waals surface area contributed by atoms with Crippen molar-refractivity contribution in [3.63, 3.8) is 0 Å². The number of carbonyl (C=O) groups excluding carboxylic acids is 2. The second kappa shape index (κ2) is 16.0. The van der Waals surface area contributed by atoms with Crippen LogP contribution in [0.25, 0.3) is 11.3 Å². The first-order chi connectivity index (χ1) is 24.9. The van der Waals surface area contributed by atoms with E-state index in [1.165, 1.54) is 12.1 Å². The van der Waals surface area contributed by atoms with E-state index in [1.807, 2.05) is 19.1 Å². The van der Waals surface area contributed by atoms with Crippen LogP contribution in [0.3, 0.4) is 0 Å². The molecular weight excluding hydrogens is 668 g/mol. The van der Waals surface area contributed by atoms with E-state index >= 15 is 0 Å². The van der Waals surface area contributed by atoms with Crippen molar-refractivity contribution >= 4 is 30.4 Å². The van der Waals surface area contributed by atoms with Gasteiger partial charge in [-0.1, -0.05) is 94.3 Å². The molecule has 276 valence electrons. The quantitative estimate of drug-likeness (QED) is 0.0976. The van der Waals surface area contributed by atoms with Crippen molar-refractivity contribution < 1.29 is 18.4 Å². The number of unbranched alkanes of at least 4 members (excludes halogenated alkanes) is 2. The molecule has 1 unspecified atom stereocenters. The Hall–Kier alpha value is -3.92. The smallest absolute Gasteiger partial charge is 0.262 e. The van der Waals surface area contributed by atoms with Crippen LogP contribution in [-0.4, -0.2) is 61.1 Å². The van der Waals surface area contributed by atoms with Gasteiger partial charge in [-0.05, 0) is 110 Å². The van der Waals surface area contributed by atoms with Crippen molar-refractivity contribution in [3.05, 3.63) is 103 Å². The molecule has 1 amide bonds. The molecule has 1 saturated carbocycles. The van der Waals surface area contributed by atoms with E-state index in [-0.39, 0.29) is 39.9 Å². The third-order valence-corrected chi connectivity index (χ3v) is 16.6. The number of imidazole rings is 1. The Bertz CT molecular complexity index is 1740. The Labute approximate surface area is 309 Å². The Morgan fingerprint density at radius 3 is 2.17 bits per heavy atom. The number of likely N-dealkylation sites (tertiary alicyclic amines) is 1. The van der Waals surface area contributed by atoms with Gasteiger partial charge in [0.15, 0.2) is 5.78 Å². The van der Waals surface area contributed by atoms with E-state index in [1.54, 1.807) is 18.3 Å². The number of halogens is 1. The summed E-state index contributed by atoms with van der Waals surface area (Å²) in [5.41, 5.74) is 1.76. The number of benzene rings is 3. The van der Waals surface area contributed by atoms with Gasteiger partial charge in [-0.25, -0.2) is 9.37 Å². The standard InChI is InChI=1S/C43H55FN4O3Si/c1-31(51-52(42(2,3)4,34-15-9-6-10-16-34)35-17-11-7-12-18-35)39(49)20-14-8-13-19-37(40-45-30-38(46-40)32-21-23-33(44)24-22-32)47-41(50)36-29-43(36)25-27-48(5)28-26-43/h6-7,9-12,15-18,21-24,30-31,36-37H,8,13-14,19-20,25-29H2,1-5H3,(H,45,46)(H,47,50)/t31?,36-,37+/m1/s1. The van der Waals surface area contributed by atoms with Crippen LogP contribution in [0.5, 0.6) is 0 Å². The summed E-state index contributed by atoms with van der Waals surface area (Å²) in [5, 5.41) is 5.47. The Balaban J connectivity index is 1.09. The Morgan fingerprint density at radius 2 is 1.58 bits per heavy atom. The number of nitrogens with zero attached hydrogens (tertiary/aromatic N) is 2. The van der Waals surface area contributed by atoms with Crippen LogP contribution < -0.4 is 15.7 Å². The molecule has 3 atom stereocenters. The summed E-state index contributed by atoms with van der Waals surface area (Å²) in [6, 6.07) is 26.9. The minimum Gasteiger partial charge on any atom is -0.398 e. The van der Waals surface area contributed by atoms with E-state index in [0.29, 0.717) is 18.7 Å². The predicted octanol–water partition coefficient (Wildman–Crippen LogP) is 7.59. The first kappa shape index (κ1) is 37.8. The van der Waals surface area contributed by atoms with Crippen LogP contribution in [0.4, 0.5) is 4.39 Å². The second-order valence-corrected chi connectivity index (χ2v) is 20.4. The first-order valence-corrected chi connectivity index (χ1v) is 20.9. The number of hydrogen-bond acceptors (Lipinski definition) is 5. The van der Waals surface area contributed by atoms with Crippen LogP contribution in [0.15, 0.2) is 91.1 Å². The van der Waals surface area contributed by atoms with Gasteiger partial charge in [0.05, 0.1) is 17.9 Å². The summed E-state index contributed by atoms with van der Waals surface area (Å²) in [7, 11) is -0.692. The number of ketones is 1. The van der Waals surface area contributed by atoms with E-state index in [0.717, 1.165) is 73.2 Å². The summed E-state index contributed by atoms with van der Waals surface area (Å²) in [6.07, 6.45) is 7.84. The normalized spacial score (nSPS) is 18.5. The van der Waals surface area contributed by atoms with Gasteiger partial charge < -0.3 is 19.6 Å². The van der Waals surface area contributed by atoms with Crippen molar-refractivity contribution in [2.45, 2.75) is 96.2 Å². The van der Waals surface area contributed by atoms with Gasteiger partial charge in [-0.15, -0.1) is 0 Å². The maximum absolute atomic E-state index is 13.7. The van der Waals surface area contributed by atoms with E-state index in [4.69, 9.17) is 4.43 Å². The predicted molar refractivity (Wildman–Crippen MR) is 208 cm³/mol. The molecule has 7 nitrogen and oxygen atoms in total. The molecule has 2 fully saturated rings. The fourth-order valence-corrected chi connectivity index (χ4v) is 12.9. The molecule has 1 aromatic heterocycles. The summed E-state index contributed by atoms with van der Waals surface area (Å²) in [4.78, 5) is 37.7. The van der Waals surface area contributed by atoms with Gasteiger partial charge in [-0.3, -0.25) is 9.59 Å². The monoisotopic (exact) mass is 722 g/mol. The highest BCUT2D eigenvalue weighted by molar-refractivity contribution is 6.99. The van der Waals surface area contributed by atoms with Gasteiger partial charge in [0.25, 0.3) is 8.32 Å². The lowest BCUT2D eigenvalue weighted by molar-refractivity contribution is -0.125. The number of Topliss-reactive ketones (excluding diaryl/α,β-unsaturated/α-hetero) is 1. The fraction of sp³-hybridized carbons (Fsp3) is 0.465. The van der Waals surface area contributed by atoms with E-state index < -0.39 is 14.4 Å². The van der Waals surface area contributed by atoms with Crippen LogP contribution in [0.1, 0.15) is 90.9 Å². The highest BCUT2D eigenvalue weighted by atomic mass is 28.4. The molecule has 3 aromatic carbocycles. The van der Waals surface area contributed by atoms with Gasteiger partial charge >= 0.3 is 0 Å². The summed E-state index contributed by atoms with van der Waals surface area (Å²) in [6.45, 7) is 10.7. The molecule has 9 heteroatoms. The molecule has 2 heterocycles. The third kappa shape index (κ3) is 8.32. The minimum atomic E-state index is -2.84. The molecule has 4 aromatic rings. The zero-order valence-corrected chi connectivity index (χ0v) is 32.5. The molecule has 0 bridgehead atoms. The van der Waals surface area contributed by atoms with Crippen molar-refractivity contribution in [2.75, 3.05) is 20.1 Å². The second-order valence-electron chi connectivity index (χ2n) is 16.2. The number of H-pyrrole nitrogens is 1. The van der Waals surface area contributed by atoms with Gasteiger partial charge in [0.2, 0.25) is 5.91 Å². The Kier molecular flexibility index (Phi) is 11.6. The number of aromatic nitrogens is 2. The molecule has 1 aliphatic carbocycles. The van der Waals surface area contributed by atoms with Gasteiger partial charge in [-0.2, -0.15) is 0 Å². The third-order valence-electron chi connectivity index (χ3n) is 11.5. The lowest BCUT2D eigenvalue weighted by Crippen LogP contribution is -2.68. The summed E-state index contributed by atoms with van der Waals surface area (Å²) in [5.74, 6) is 0.686. The van der Waals surface area contributed by atoms with E-state index in [9.17, 15) is 14.0 Å². The first-order valence-electron chi connectivity index (χ1n) is 19.0. The highest BCUT2D eigenvalue weighted by Gasteiger charge is 2.58. The maximum atomic E-state index is 13.7. The number of carbonyl (C=O) groups is 2. The zero-order chi connectivity index (χ0) is 36.9. The highest BCUT2D eigenvalue weighted by Crippen LogP contribution is 2.59. The number of hydrogen-bond donors (Lipinski definition) is 2. The van der Waals surface area contributed by atoms with Crippen LogP contribution >= 0.6 is 0 Å². The summed E-state index contributed by atoms with van der Waals surface area (Å²) < 4.78 is 20.7. The topological polar surface area (TPSA) is 87.3 Å². The molecule has 1 aliphatic heterocycles. The van der Waals surface area contributed by atoms with Crippen molar-refractivity contribution in [1.82, 2.24) is 20.2 Å². The molecule has 6 rings (SSSR count). The maximum Gasteiger partial charge on any atom is 0.262 e. The molecular formula is C43H55FN4O3Si. The molecule has 0 radical (unpaired) electrons. The molecule has 2 aliphatic rings. The number of amides is 1. The number of aromatic amines is 1. The average Bonchev–Trinajstić information content (AvgIpc) is 3.62. The number of nitrogens with one attached hydrogen (secondary N) is 2. The van der Waals surface area contributed by atoms with Crippen LogP contribution in [-0.2, 0) is 14.0 Å². The summed E-state index contributed by atoms with van der Waals surface area (Å²) >= 11 is 0. The SMILES string of the molecule is CC(O[Si](c1ccccc1)(c1ccccc1)C(C)(C)C)C(=O)CCCCC[C@H](NC(=O)[C@H]1CC12CCN(C)CC2)c1ncc(-c2ccc(F)cc2)[nH]1.